The zero-order valence-corrected chi connectivity index (χ0v) is 8.25. The first kappa shape index (κ1) is 11.7. The highest BCUT2D eigenvalue weighted by Gasteiger charge is 2.01. The molecular formula is C10H20O2. The van der Waals surface area contributed by atoms with Crippen LogP contribution < -0.4 is 0 Å². The Morgan fingerprint density at radius 3 is 2.25 bits per heavy atom. The summed E-state index contributed by atoms with van der Waals surface area (Å²) in [5.41, 5.74) is 0.943. The lowest BCUT2D eigenvalue weighted by Crippen LogP contribution is -2.04. The van der Waals surface area contributed by atoms with E-state index < -0.39 is 0 Å². The largest absolute Gasteiger partial charge is 0.393 e. The average Bonchev–Trinajstić information content (AvgIpc) is 1.97. The molecule has 0 aromatic heterocycles. The third-order valence-corrected chi connectivity index (χ3v) is 1.64. The molecule has 0 saturated carbocycles. The minimum absolute atomic E-state index is 0.0671. The second kappa shape index (κ2) is 6.21. The Morgan fingerprint density at radius 2 is 1.92 bits per heavy atom. The number of aliphatic hydroxyl groups is 2. The Labute approximate surface area is 74.9 Å². The van der Waals surface area contributed by atoms with Gasteiger partial charge in [-0.15, -0.1) is 0 Å². The van der Waals surface area contributed by atoms with Crippen molar-refractivity contribution in [2.45, 2.75) is 39.7 Å². The van der Waals surface area contributed by atoms with E-state index in [1.807, 2.05) is 6.08 Å². The molecule has 0 saturated heterocycles. The summed E-state index contributed by atoms with van der Waals surface area (Å²) in [6.45, 7) is 6.07. The van der Waals surface area contributed by atoms with Crippen LogP contribution in [0.25, 0.3) is 0 Å². The lowest BCUT2D eigenvalue weighted by atomic mass is 10.0. The van der Waals surface area contributed by atoms with Gasteiger partial charge in [-0.3, -0.25) is 0 Å². The van der Waals surface area contributed by atoms with Gasteiger partial charge < -0.3 is 10.2 Å². The maximum Gasteiger partial charge on any atom is 0.0642 e. The third kappa shape index (κ3) is 6.38. The van der Waals surface area contributed by atoms with Crippen LogP contribution in [0.1, 0.15) is 33.6 Å². The molecule has 12 heavy (non-hydrogen) atoms. The molecule has 0 heterocycles. The van der Waals surface area contributed by atoms with Crippen LogP contribution in [0.5, 0.6) is 0 Å². The fourth-order valence-corrected chi connectivity index (χ4v) is 0.994. The number of allylic oxidation sites excluding steroid dienone is 1. The van der Waals surface area contributed by atoms with E-state index in [1.54, 1.807) is 6.92 Å². The van der Waals surface area contributed by atoms with Crippen LogP contribution in [0, 0.1) is 5.92 Å². The molecule has 0 aliphatic carbocycles. The molecule has 0 aromatic carbocycles. The van der Waals surface area contributed by atoms with Crippen LogP contribution in [0.3, 0.4) is 0 Å². The van der Waals surface area contributed by atoms with Gasteiger partial charge in [0, 0.05) is 0 Å². The van der Waals surface area contributed by atoms with Gasteiger partial charge in [0.05, 0.1) is 12.7 Å². The molecule has 1 atom stereocenters. The average molecular weight is 172 g/mol. The van der Waals surface area contributed by atoms with Crippen LogP contribution in [-0.2, 0) is 0 Å². The summed E-state index contributed by atoms with van der Waals surface area (Å²) in [5, 5.41) is 18.0. The molecule has 0 radical (unpaired) electrons. The van der Waals surface area contributed by atoms with Gasteiger partial charge in [0.1, 0.15) is 0 Å². The summed E-state index contributed by atoms with van der Waals surface area (Å²) in [6.07, 6.45) is 3.24. The molecule has 2 nitrogen and oxygen atoms in total. The van der Waals surface area contributed by atoms with Gasteiger partial charge in [-0.2, -0.15) is 0 Å². The third-order valence-electron chi connectivity index (χ3n) is 1.64. The highest BCUT2D eigenvalue weighted by atomic mass is 16.3. The van der Waals surface area contributed by atoms with Gasteiger partial charge in [0.25, 0.3) is 0 Å². The molecule has 0 aliphatic heterocycles. The van der Waals surface area contributed by atoms with Crippen LogP contribution in [0.15, 0.2) is 11.6 Å². The molecule has 0 amide bonds. The van der Waals surface area contributed by atoms with Gasteiger partial charge in [-0.1, -0.05) is 19.9 Å². The topological polar surface area (TPSA) is 40.5 Å². The molecule has 0 rings (SSSR count). The fourth-order valence-electron chi connectivity index (χ4n) is 0.994. The molecule has 0 fully saturated rings. The van der Waals surface area contributed by atoms with Gasteiger partial charge in [0.2, 0.25) is 0 Å². The van der Waals surface area contributed by atoms with Crippen LogP contribution in [-0.4, -0.2) is 22.9 Å². The second-order valence-corrected chi connectivity index (χ2v) is 3.70. The van der Waals surface area contributed by atoms with Crippen molar-refractivity contribution < 1.29 is 10.2 Å². The van der Waals surface area contributed by atoms with E-state index in [-0.39, 0.29) is 12.7 Å². The number of hydrogen-bond acceptors (Lipinski definition) is 2. The van der Waals surface area contributed by atoms with E-state index >= 15 is 0 Å². The number of aliphatic hydroxyl groups excluding tert-OH is 2. The summed E-state index contributed by atoms with van der Waals surface area (Å²) in [5.74, 6) is 0.612. The Morgan fingerprint density at radius 1 is 1.33 bits per heavy atom. The zero-order valence-electron chi connectivity index (χ0n) is 8.25. The predicted octanol–water partition coefficient (Wildman–Crippen LogP) is 1.72. The van der Waals surface area contributed by atoms with Crippen LogP contribution in [0.2, 0.25) is 0 Å². The molecule has 0 aliphatic rings. The Bertz CT molecular complexity index is 137. The number of hydrogen-bond donors (Lipinski definition) is 2. The normalized spacial score (nSPS) is 15.3. The Balaban J connectivity index is 3.87. The fraction of sp³-hybridized carbons (Fsp3) is 0.800. The minimum Gasteiger partial charge on any atom is -0.393 e. The van der Waals surface area contributed by atoms with E-state index in [0.29, 0.717) is 12.3 Å². The maximum absolute atomic E-state index is 9.07. The number of rotatable bonds is 5. The van der Waals surface area contributed by atoms with Crippen molar-refractivity contribution in [3.05, 3.63) is 11.6 Å². The summed E-state index contributed by atoms with van der Waals surface area (Å²) in [4.78, 5) is 0. The summed E-state index contributed by atoms with van der Waals surface area (Å²) in [7, 11) is 0. The highest BCUT2D eigenvalue weighted by molar-refractivity contribution is 5.03. The smallest absolute Gasteiger partial charge is 0.0642 e. The SMILES string of the molecule is CC(C)C/C=C(\CO)CC(C)O. The van der Waals surface area contributed by atoms with Crippen molar-refractivity contribution in [3.63, 3.8) is 0 Å². The lowest BCUT2D eigenvalue weighted by molar-refractivity contribution is 0.188. The highest BCUT2D eigenvalue weighted by Crippen LogP contribution is 2.09. The van der Waals surface area contributed by atoms with Crippen molar-refractivity contribution in [1.29, 1.82) is 0 Å². The van der Waals surface area contributed by atoms with Crippen molar-refractivity contribution in [1.82, 2.24) is 0 Å². The van der Waals surface area contributed by atoms with E-state index in [2.05, 4.69) is 13.8 Å². The molecule has 0 aromatic rings. The summed E-state index contributed by atoms with van der Waals surface area (Å²) >= 11 is 0. The van der Waals surface area contributed by atoms with Crippen molar-refractivity contribution in [3.8, 4) is 0 Å². The second-order valence-electron chi connectivity index (χ2n) is 3.70. The molecular weight excluding hydrogens is 152 g/mol. The first-order chi connectivity index (χ1) is 5.56. The van der Waals surface area contributed by atoms with Gasteiger partial charge in [-0.05, 0) is 31.3 Å². The summed E-state index contributed by atoms with van der Waals surface area (Å²) in [6, 6.07) is 0. The molecule has 2 N–H and O–H groups in total. The minimum atomic E-state index is -0.351. The van der Waals surface area contributed by atoms with Crippen molar-refractivity contribution in [2.24, 2.45) is 5.92 Å². The Hall–Kier alpha value is -0.340. The molecule has 1 unspecified atom stereocenters. The predicted molar refractivity (Wildman–Crippen MR) is 50.9 cm³/mol. The maximum atomic E-state index is 9.07. The molecule has 2 heteroatoms. The monoisotopic (exact) mass is 172 g/mol. The van der Waals surface area contributed by atoms with Crippen LogP contribution >= 0.6 is 0 Å². The van der Waals surface area contributed by atoms with E-state index in [9.17, 15) is 0 Å². The lowest BCUT2D eigenvalue weighted by Gasteiger charge is -2.07. The Kier molecular flexibility index (Phi) is 6.03. The molecule has 0 spiro atoms. The van der Waals surface area contributed by atoms with Gasteiger partial charge >= 0.3 is 0 Å². The van der Waals surface area contributed by atoms with E-state index in [1.165, 1.54) is 0 Å². The zero-order chi connectivity index (χ0) is 9.56. The summed E-state index contributed by atoms with van der Waals surface area (Å²) < 4.78 is 0. The molecule has 0 bridgehead atoms. The standard InChI is InChI=1S/C10H20O2/c1-8(2)4-5-10(7-11)6-9(3)12/h5,8-9,11-12H,4,6-7H2,1-3H3/b10-5-. The van der Waals surface area contributed by atoms with Crippen molar-refractivity contribution >= 4 is 0 Å². The first-order valence-corrected chi connectivity index (χ1v) is 4.53. The van der Waals surface area contributed by atoms with Crippen LogP contribution in [0.4, 0.5) is 0 Å². The first-order valence-electron chi connectivity index (χ1n) is 4.53. The van der Waals surface area contributed by atoms with Crippen molar-refractivity contribution in [2.75, 3.05) is 6.61 Å². The quantitative estimate of drug-likeness (QED) is 0.620. The van der Waals surface area contributed by atoms with E-state index in [0.717, 1.165) is 12.0 Å². The van der Waals surface area contributed by atoms with Gasteiger partial charge in [-0.25, -0.2) is 0 Å². The molecule has 72 valence electrons. The van der Waals surface area contributed by atoms with E-state index in [4.69, 9.17) is 10.2 Å². The van der Waals surface area contributed by atoms with Gasteiger partial charge in [0.15, 0.2) is 0 Å².